The van der Waals surface area contributed by atoms with Gasteiger partial charge in [-0.25, -0.2) is 0 Å². The van der Waals surface area contributed by atoms with Crippen LogP contribution in [0, 0.1) is 0 Å². The summed E-state index contributed by atoms with van der Waals surface area (Å²) in [5, 5.41) is 13.2. The summed E-state index contributed by atoms with van der Waals surface area (Å²) in [5.74, 6) is 0. The first kappa shape index (κ1) is 11.0. The Balaban J connectivity index is 1.93. The van der Waals surface area contributed by atoms with Crippen molar-refractivity contribution in [3.05, 3.63) is 29.3 Å². The molecule has 1 fully saturated rings. The molecule has 1 aromatic rings. The molecule has 2 aliphatic rings. The highest BCUT2D eigenvalue weighted by Crippen LogP contribution is 2.39. The highest BCUT2D eigenvalue weighted by atomic mass is 16.5. The van der Waals surface area contributed by atoms with E-state index in [2.05, 4.69) is 23.5 Å². The van der Waals surface area contributed by atoms with Crippen LogP contribution < -0.4 is 11.1 Å². The van der Waals surface area contributed by atoms with Gasteiger partial charge in [-0.3, -0.25) is 0 Å². The minimum Gasteiger partial charge on any atom is -0.389 e. The van der Waals surface area contributed by atoms with E-state index in [0.717, 1.165) is 18.5 Å². The third-order valence-electron chi connectivity index (χ3n) is 3.64. The molecule has 3 rings (SSSR count). The summed E-state index contributed by atoms with van der Waals surface area (Å²) in [6, 6.07) is 6.46. The van der Waals surface area contributed by atoms with Gasteiger partial charge in [-0.2, -0.15) is 0 Å². The Kier molecular flexibility index (Phi) is 2.78. The van der Waals surface area contributed by atoms with Crippen molar-refractivity contribution < 1.29 is 9.84 Å². The van der Waals surface area contributed by atoms with E-state index in [-0.39, 0.29) is 12.1 Å². The third-order valence-corrected chi connectivity index (χ3v) is 3.64. The Hall–Kier alpha value is -1.10. The van der Waals surface area contributed by atoms with Gasteiger partial charge < -0.3 is 20.9 Å². The number of anilines is 1. The van der Waals surface area contributed by atoms with Crippen LogP contribution in [0.2, 0.25) is 0 Å². The maximum Gasteiger partial charge on any atom is 0.0975 e. The molecule has 3 atom stereocenters. The fourth-order valence-electron chi connectivity index (χ4n) is 2.69. The van der Waals surface area contributed by atoms with Crippen LogP contribution in [-0.2, 0) is 11.2 Å². The van der Waals surface area contributed by atoms with Crippen molar-refractivity contribution in [2.75, 3.05) is 18.5 Å². The van der Waals surface area contributed by atoms with Crippen LogP contribution in [0.4, 0.5) is 5.69 Å². The van der Waals surface area contributed by atoms with Crippen LogP contribution in [0.25, 0.3) is 0 Å². The Labute approximate surface area is 101 Å². The topological polar surface area (TPSA) is 67.5 Å². The SMILES string of the molecule is NCCc1ccc2c(c1)C1CC(N2)C(O)CO1. The summed E-state index contributed by atoms with van der Waals surface area (Å²) in [7, 11) is 0. The summed E-state index contributed by atoms with van der Waals surface area (Å²) < 4.78 is 5.70. The molecule has 92 valence electrons. The molecule has 0 radical (unpaired) electrons. The normalized spacial score (nSPS) is 30.6. The molecular formula is C13H18N2O2. The van der Waals surface area contributed by atoms with Crippen molar-refractivity contribution in [2.24, 2.45) is 5.73 Å². The van der Waals surface area contributed by atoms with E-state index in [9.17, 15) is 5.11 Å². The second-order valence-electron chi connectivity index (χ2n) is 4.84. The first-order chi connectivity index (χ1) is 8.28. The van der Waals surface area contributed by atoms with Crippen LogP contribution in [-0.4, -0.2) is 30.4 Å². The number of hydrogen-bond donors (Lipinski definition) is 3. The number of aliphatic hydroxyl groups is 1. The highest BCUT2D eigenvalue weighted by molar-refractivity contribution is 5.57. The van der Waals surface area contributed by atoms with Gasteiger partial charge in [0.25, 0.3) is 0 Å². The van der Waals surface area contributed by atoms with Gasteiger partial charge >= 0.3 is 0 Å². The van der Waals surface area contributed by atoms with Crippen LogP contribution in [0.15, 0.2) is 18.2 Å². The molecule has 4 nitrogen and oxygen atoms in total. The van der Waals surface area contributed by atoms with Gasteiger partial charge in [0.1, 0.15) is 0 Å². The van der Waals surface area contributed by atoms with Crippen molar-refractivity contribution in [1.82, 2.24) is 0 Å². The molecule has 1 aromatic carbocycles. The zero-order valence-electron chi connectivity index (χ0n) is 9.73. The number of hydrogen-bond acceptors (Lipinski definition) is 4. The molecule has 0 saturated carbocycles. The molecule has 2 heterocycles. The lowest BCUT2D eigenvalue weighted by atomic mass is 9.89. The van der Waals surface area contributed by atoms with E-state index in [1.165, 1.54) is 11.1 Å². The van der Waals surface area contributed by atoms with Gasteiger partial charge in [0.15, 0.2) is 0 Å². The second-order valence-corrected chi connectivity index (χ2v) is 4.84. The summed E-state index contributed by atoms with van der Waals surface area (Å²) in [6.45, 7) is 1.09. The highest BCUT2D eigenvalue weighted by Gasteiger charge is 2.36. The van der Waals surface area contributed by atoms with Gasteiger partial charge in [-0.1, -0.05) is 12.1 Å². The van der Waals surface area contributed by atoms with Crippen LogP contribution in [0.3, 0.4) is 0 Å². The first-order valence-corrected chi connectivity index (χ1v) is 6.17. The van der Waals surface area contributed by atoms with Crippen molar-refractivity contribution >= 4 is 5.69 Å². The average Bonchev–Trinajstić information content (AvgIpc) is 2.35. The number of benzene rings is 1. The second kappa shape index (κ2) is 4.29. The molecule has 2 bridgehead atoms. The molecule has 1 saturated heterocycles. The maximum absolute atomic E-state index is 9.78. The van der Waals surface area contributed by atoms with Crippen LogP contribution >= 0.6 is 0 Å². The number of nitrogens with two attached hydrogens (primary N) is 1. The molecular weight excluding hydrogens is 216 g/mol. The van der Waals surface area contributed by atoms with E-state index in [0.29, 0.717) is 13.2 Å². The van der Waals surface area contributed by atoms with E-state index in [1.807, 2.05) is 0 Å². The predicted molar refractivity (Wildman–Crippen MR) is 65.9 cm³/mol. The number of nitrogens with one attached hydrogen (secondary N) is 1. The molecule has 4 N–H and O–H groups in total. The number of ether oxygens (including phenoxy) is 1. The lowest BCUT2D eigenvalue weighted by molar-refractivity contribution is -0.0672. The smallest absolute Gasteiger partial charge is 0.0975 e. The monoisotopic (exact) mass is 234 g/mol. The molecule has 0 aromatic heterocycles. The lowest BCUT2D eigenvalue weighted by Gasteiger charge is -2.40. The largest absolute Gasteiger partial charge is 0.389 e. The first-order valence-electron chi connectivity index (χ1n) is 6.17. The predicted octanol–water partition coefficient (Wildman–Crippen LogP) is 0.804. The minimum absolute atomic E-state index is 0.123. The fraction of sp³-hybridized carbons (Fsp3) is 0.538. The van der Waals surface area contributed by atoms with Gasteiger partial charge in [-0.15, -0.1) is 0 Å². The van der Waals surface area contributed by atoms with Crippen molar-refractivity contribution in [2.45, 2.75) is 31.1 Å². The van der Waals surface area contributed by atoms with E-state index in [4.69, 9.17) is 10.5 Å². The summed E-state index contributed by atoms with van der Waals surface area (Å²) in [5.41, 5.74) is 9.12. The quantitative estimate of drug-likeness (QED) is 0.708. The molecule has 3 unspecified atom stereocenters. The lowest BCUT2D eigenvalue weighted by Crippen LogP contribution is -2.45. The molecule has 0 amide bonds. The summed E-state index contributed by atoms with van der Waals surface area (Å²) in [4.78, 5) is 0. The molecule has 17 heavy (non-hydrogen) atoms. The van der Waals surface area contributed by atoms with Gasteiger partial charge in [-0.05, 0) is 24.6 Å². The molecule has 4 heteroatoms. The number of rotatable bonds is 2. The third kappa shape index (κ3) is 1.92. The van der Waals surface area contributed by atoms with Crippen LogP contribution in [0.5, 0.6) is 0 Å². The Morgan fingerprint density at radius 3 is 3.18 bits per heavy atom. The zero-order valence-corrected chi connectivity index (χ0v) is 9.73. The Morgan fingerprint density at radius 1 is 1.47 bits per heavy atom. The number of aliphatic hydroxyl groups excluding tert-OH is 1. The fourth-order valence-corrected chi connectivity index (χ4v) is 2.69. The zero-order chi connectivity index (χ0) is 11.8. The van der Waals surface area contributed by atoms with E-state index < -0.39 is 6.10 Å². The minimum atomic E-state index is -0.400. The molecule has 0 spiro atoms. The van der Waals surface area contributed by atoms with Crippen molar-refractivity contribution in [3.8, 4) is 0 Å². The summed E-state index contributed by atoms with van der Waals surface area (Å²) >= 11 is 0. The molecule has 0 aliphatic carbocycles. The number of fused-ring (bicyclic) bond motifs is 4. The maximum atomic E-state index is 9.78. The van der Waals surface area contributed by atoms with E-state index >= 15 is 0 Å². The van der Waals surface area contributed by atoms with Gasteiger partial charge in [0, 0.05) is 17.7 Å². The van der Waals surface area contributed by atoms with Crippen molar-refractivity contribution in [3.63, 3.8) is 0 Å². The Morgan fingerprint density at radius 2 is 2.35 bits per heavy atom. The standard InChI is InChI=1S/C13H18N2O2/c14-4-3-8-1-2-10-9(5-8)13-6-11(15-10)12(16)7-17-13/h1-2,5,11-13,15-16H,3-4,6-7,14H2. The Bertz CT molecular complexity index is 422. The van der Waals surface area contributed by atoms with Gasteiger partial charge in [0.05, 0.1) is 24.9 Å². The van der Waals surface area contributed by atoms with Crippen LogP contribution in [0.1, 0.15) is 23.7 Å². The summed E-state index contributed by atoms with van der Waals surface area (Å²) in [6.07, 6.45) is 1.47. The van der Waals surface area contributed by atoms with Crippen molar-refractivity contribution in [1.29, 1.82) is 0 Å². The van der Waals surface area contributed by atoms with Gasteiger partial charge in [0.2, 0.25) is 0 Å². The average molecular weight is 234 g/mol. The van der Waals surface area contributed by atoms with E-state index in [1.54, 1.807) is 0 Å². The molecule has 2 aliphatic heterocycles.